The molecule has 94 valence electrons. The van der Waals surface area contributed by atoms with Gasteiger partial charge in [0.15, 0.2) is 0 Å². The van der Waals surface area contributed by atoms with E-state index >= 15 is 0 Å². The summed E-state index contributed by atoms with van der Waals surface area (Å²) in [5.41, 5.74) is 0.272. The third kappa shape index (κ3) is 4.19. The highest BCUT2D eigenvalue weighted by Crippen LogP contribution is 2.24. The summed E-state index contributed by atoms with van der Waals surface area (Å²) in [6.45, 7) is 3.49. The lowest BCUT2D eigenvalue weighted by molar-refractivity contribution is 0.0923. The van der Waals surface area contributed by atoms with Crippen LogP contribution in [0.25, 0.3) is 0 Å². The molecule has 1 rings (SSSR count). The minimum Gasteiger partial charge on any atom is -0.393 e. The summed E-state index contributed by atoms with van der Waals surface area (Å²) in [7, 11) is 0. The second kappa shape index (κ2) is 6.24. The van der Waals surface area contributed by atoms with E-state index in [1.54, 1.807) is 25.1 Å². The number of hydrogen-bond donors (Lipinski definition) is 2. The molecular formula is C12H15Cl2NO2. The van der Waals surface area contributed by atoms with Gasteiger partial charge in [-0.15, -0.1) is 0 Å². The van der Waals surface area contributed by atoms with E-state index < -0.39 is 6.10 Å². The molecule has 3 nitrogen and oxygen atoms in total. The Bertz CT molecular complexity index is 387. The molecular weight excluding hydrogens is 261 g/mol. The van der Waals surface area contributed by atoms with Crippen molar-refractivity contribution in [3.63, 3.8) is 0 Å². The minimum atomic E-state index is -0.466. The smallest absolute Gasteiger partial charge is 0.254 e. The van der Waals surface area contributed by atoms with Crippen LogP contribution in [0.1, 0.15) is 30.6 Å². The van der Waals surface area contributed by atoms with Crippen LogP contribution in [0, 0.1) is 0 Å². The van der Waals surface area contributed by atoms with Crippen molar-refractivity contribution in [3.05, 3.63) is 33.8 Å². The highest BCUT2D eigenvalue weighted by atomic mass is 35.5. The average Bonchev–Trinajstić information content (AvgIpc) is 2.15. The van der Waals surface area contributed by atoms with E-state index in [-0.39, 0.29) is 17.5 Å². The maximum Gasteiger partial charge on any atom is 0.254 e. The number of benzene rings is 1. The van der Waals surface area contributed by atoms with Crippen molar-refractivity contribution in [1.29, 1.82) is 0 Å². The van der Waals surface area contributed by atoms with Crippen LogP contribution in [0.3, 0.4) is 0 Å². The van der Waals surface area contributed by atoms with Gasteiger partial charge in [0.1, 0.15) is 0 Å². The standard InChI is InChI=1S/C12H15Cl2NO2/c1-7(6-8(2)16)15-12(17)11-9(13)4-3-5-10(11)14/h3-5,7-8,16H,6H2,1-2H3,(H,15,17). The molecule has 0 saturated heterocycles. The number of rotatable bonds is 4. The fraction of sp³-hybridized carbons (Fsp3) is 0.417. The van der Waals surface area contributed by atoms with E-state index in [9.17, 15) is 9.90 Å². The number of aliphatic hydroxyl groups excluding tert-OH is 1. The zero-order chi connectivity index (χ0) is 13.0. The van der Waals surface area contributed by atoms with Gasteiger partial charge in [-0.05, 0) is 32.4 Å². The number of amides is 1. The van der Waals surface area contributed by atoms with Gasteiger partial charge in [0.2, 0.25) is 0 Å². The molecule has 0 bridgehead atoms. The van der Waals surface area contributed by atoms with Gasteiger partial charge in [0, 0.05) is 6.04 Å². The highest BCUT2D eigenvalue weighted by Gasteiger charge is 2.17. The summed E-state index contributed by atoms with van der Waals surface area (Å²) in [5.74, 6) is -0.325. The normalized spacial score (nSPS) is 14.2. The monoisotopic (exact) mass is 275 g/mol. The second-order valence-corrected chi connectivity index (χ2v) is 4.87. The fourth-order valence-corrected chi connectivity index (χ4v) is 2.15. The molecule has 2 unspecified atom stereocenters. The summed E-state index contributed by atoms with van der Waals surface area (Å²) >= 11 is 11.8. The van der Waals surface area contributed by atoms with Crippen molar-refractivity contribution >= 4 is 29.1 Å². The lowest BCUT2D eigenvalue weighted by Crippen LogP contribution is -2.34. The zero-order valence-electron chi connectivity index (χ0n) is 9.71. The first kappa shape index (κ1) is 14.3. The Labute approximate surface area is 111 Å². The van der Waals surface area contributed by atoms with E-state index in [2.05, 4.69) is 5.32 Å². The van der Waals surface area contributed by atoms with Crippen molar-refractivity contribution < 1.29 is 9.90 Å². The molecule has 0 radical (unpaired) electrons. The van der Waals surface area contributed by atoms with Gasteiger partial charge in [-0.2, -0.15) is 0 Å². The summed E-state index contributed by atoms with van der Waals surface area (Å²) in [5, 5.41) is 12.6. The molecule has 0 saturated carbocycles. The number of hydrogen-bond acceptors (Lipinski definition) is 2. The van der Waals surface area contributed by atoms with Crippen LogP contribution >= 0.6 is 23.2 Å². The van der Waals surface area contributed by atoms with Crippen molar-refractivity contribution in [3.8, 4) is 0 Å². The lowest BCUT2D eigenvalue weighted by atomic mass is 10.1. The van der Waals surface area contributed by atoms with Crippen molar-refractivity contribution in [2.45, 2.75) is 32.4 Å². The first-order valence-electron chi connectivity index (χ1n) is 5.34. The molecule has 5 heteroatoms. The molecule has 0 spiro atoms. The van der Waals surface area contributed by atoms with Crippen LogP contribution < -0.4 is 5.32 Å². The molecule has 0 fully saturated rings. The Morgan fingerprint density at radius 1 is 1.35 bits per heavy atom. The molecule has 0 aromatic heterocycles. The van der Waals surface area contributed by atoms with Crippen LogP contribution in [0.2, 0.25) is 10.0 Å². The van der Waals surface area contributed by atoms with Gasteiger partial charge in [-0.25, -0.2) is 0 Å². The van der Waals surface area contributed by atoms with Crippen LogP contribution in [0.15, 0.2) is 18.2 Å². The van der Waals surface area contributed by atoms with E-state index in [4.69, 9.17) is 23.2 Å². The quantitative estimate of drug-likeness (QED) is 0.888. The molecule has 1 aromatic rings. The predicted molar refractivity (Wildman–Crippen MR) is 69.7 cm³/mol. The molecule has 1 amide bonds. The van der Waals surface area contributed by atoms with Gasteiger partial charge in [-0.3, -0.25) is 4.79 Å². The van der Waals surface area contributed by atoms with Gasteiger partial charge >= 0.3 is 0 Å². The van der Waals surface area contributed by atoms with Crippen molar-refractivity contribution in [1.82, 2.24) is 5.32 Å². The van der Waals surface area contributed by atoms with E-state index in [0.29, 0.717) is 16.5 Å². The molecule has 0 aliphatic carbocycles. The minimum absolute atomic E-state index is 0.144. The molecule has 0 heterocycles. The summed E-state index contributed by atoms with van der Waals surface area (Å²) in [4.78, 5) is 11.9. The number of carbonyl (C=O) groups is 1. The highest BCUT2D eigenvalue weighted by molar-refractivity contribution is 6.39. The topological polar surface area (TPSA) is 49.3 Å². The molecule has 1 aromatic carbocycles. The molecule has 2 N–H and O–H groups in total. The molecule has 2 atom stereocenters. The number of nitrogens with one attached hydrogen (secondary N) is 1. The molecule has 17 heavy (non-hydrogen) atoms. The maximum atomic E-state index is 11.9. The van der Waals surface area contributed by atoms with E-state index in [1.807, 2.05) is 6.92 Å². The third-order valence-corrected chi connectivity index (χ3v) is 2.89. The number of carbonyl (C=O) groups excluding carboxylic acids is 1. The van der Waals surface area contributed by atoms with Crippen molar-refractivity contribution in [2.24, 2.45) is 0 Å². The lowest BCUT2D eigenvalue weighted by Gasteiger charge is -2.16. The summed E-state index contributed by atoms with van der Waals surface area (Å²) < 4.78 is 0. The predicted octanol–water partition coefficient (Wildman–Crippen LogP) is 2.88. The van der Waals surface area contributed by atoms with Crippen molar-refractivity contribution in [2.75, 3.05) is 0 Å². The Morgan fingerprint density at radius 3 is 2.35 bits per heavy atom. The van der Waals surface area contributed by atoms with Gasteiger partial charge in [0.25, 0.3) is 5.91 Å². The van der Waals surface area contributed by atoms with Gasteiger partial charge in [0.05, 0.1) is 21.7 Å². The zero-order valence-corrected chi connectivity index (χ0v) is 11.2. The first-order valence-corrected chi connectivity index (χ1v) is 6.10. The Morgan fingerprint density at radius 2 is 1.88 bits per heavy atom. The second-order valence-electron chi connectivity index (χ2n) is 4.06. The number of aliphatic hydroxyl groups is 1. The van der Waals surface area contributed by atoms with Crippen LogP contribution in [0.4, 0.5) is 0 Å². The largest absolute Gasteiger partial charge is 0.393 e. The van der Waals surface area contributed by atoms with Crippen LogP contribution in [-0.4, -0.2) is 23.2 Å². The Balaban J connectivity index is 2.77. The SMILES string of the molecule is CC(O)CC(C)NC(=O)c1c(Cl)cccc1Cl. The van der Waals surface area contributed by atoms with Crippen LogP contribution in [-0.2, 0) is 0 Å². The van der Waals surface area contributed by atoms with E-state index in [1.165, 1.54) is 0 Å². The Hall–Kier alpha value is -0.770. The third-order valence-electron chi connectivity index (χ3n) is 2.26. The fourth-order valence-electron chi connectivity index (χ4n) is 1.58. The summed E-state index contributed by atoms with van der Waals surface area (Å²) in [6.07, 6.45) is 0.0142. The van der Waals surface area contributed by atoms with Gasteiger partial charge < -0.3 is 10.4 Å². The van der Waals surface area contributed by atoms with E-state index in [0.717, 1.165) is 0 Å². The maximum absolute atomic E-state index is 11.9. The van der Waals surface area contributed by atoms with Gasteiger partial charge in [-0.1, -0.05) is 29.3 Å². The molecule has 0 aliphatic heterocycles. The molecule has 0 aliphatic rings. The number of halogens is 2. The first-order chi connectivity index (χ1) is 7.91. The summed E-state index contributed by atoms with van der Waals surface area (Å²) in [6, 6.07) is 4.76. The Kier molecular flexibility index (Phi) is 5.25. The average molecular weight is 276 g/mol. The van der Waals surface area contributed by atoms with Crippen LogP contribution in [0.5, 0.6) is 0 Å².